The van der Waals surface area contributed by atoms with E-state index in [1.807, 2.05) is 67.6 Å². The van der Waals surface area contributed by atoms with Crippen molar-refractivity contribution in [3.05, 3.63) is 99.5 Å². The Morgan fingerprint density at radius 1 is 1.00 bits per heavy atom. The largest absolute Gasteiger partial charge is 0.318 e. The zero-order valence-electron chi connectivity index (χ0n) is 18.7. The molecular weight excluding hydrogens is 552 g/mol. The SMILES string of the molecule is Cc1c[c-]cc(N(C2CN(C(c3ccc(Cl)cc3)c3ccc(Cl)cc3)C2C)S(C)(=O)=O)c1.[Y]. The number of halogens is 2. The molecule has 0 spiro atoms. The van der Waals surface area contributed by atoms with Crippen molar-refractivity contribution < 1.29 is 41.1 Å². The number of benzene rings is 3. The van der Waals surface area contributed by atoms with Gasteiger partial charge in [0.1, 0.15) is 0 Å². The summed E-state index contributed by atoms with van der Waals surface area (Å²) in [5, 5.41) is 1.36. The summed E-state index contributed by atoms with van der Waals surface area (Å²) in [5.74, 6) is 0. The monoisotopic (exact) mass is 576 g/mol. The van der Waals surface area contributed by atoms with E-state index in [0.717, 1.165) is 16.7 Å². The molecule has 2 atom stereocenters. The molecule has 1 aliphatic heterocycles. The van der Waals surface area contributed by atoms with E-state index in [1.165, 1.54) is 6.26 Å². The van der Waals surface area contributed by atoms with E-state index in [2.05, 4.69) is 17.9 Å². The van der Waals surface area contributed by atoms with Crippen LogP contribution >= 0.6 is 23.2 Å². The van der Waals surface area contributed by atoms with E-state index in [9.17, 15) is 8.42 Å². The first kappa shape index (κ1) is 26.7. The van der Waals surface area contributed by atoms with Crippen LogP contribution in [-0.4, -0.2) is 38.2 Å². The van der Waals surface area contributed by atoms with Crippen molar-refractivity contribution in [1.29, 1.82) is 0 Å². The summed E-state index contributed by atoms with van der Waals surface area (Å²) in [5.41, 5.74) is 3.81. The van der Waals surface area contributed by atoms with Crippen LogP contribution in [0.1, 0.15) is 29.7 Å². The zero-order chi connectivity index (χ0) is 23.0. The minimum atomic E-state index is -3.47. The molecular formula is C25H25Cl2N2O2SY-. The van der Waals surface area contributed by atoms with Crippen LogP contribution in [0.2, 0.25) is 10.0 Å². The topological polar surface area (TPSA) is 40.6 Å². The average Bonchev–Trinajstić information content (AvgIpc) is 2.74. The maximum absolute atomic E-state index is 12.8. The van der Waals surface area contributed by atoms with Gasteiger partial charge in [-0.15, -0.1) is 6.07 Å². The van der Waals surface area contributed by atoms with E-state index >= 15 is 0 Å². The Kier molecular flexibility index (Phi) is 8.69. The fourth-order valence-electron chi connectivity index (χ4n) is 4.43. The summed E-state index contributed by atoms with van der Waals surface area (Å²) >= 11 is 12.3. The molecule has 1 saturated heterocycles. The molecule has 1 heterocycles. The maximum Gasteiger partial charge on any atom is 0.222 e. The second-order valence-corrected chi connectivity index (χ2v) is 11.1. The molecule has 0 aromatic heterocycles. The van der Waals surface area contributed by atoms with Crippen molar-refractivity contribution in [2.24, 2.45) is 0 Å². The van der Waals surface area contributed by atoms with Crippen LogP contribution in [0, 0.1) is 13.0 Å². The minimum Gasteiger partial charge on any atom is -0.318 e. The fourth-order valence-corrected chi connectivity index (χ4v) is 5.90. The Hall–Kier alpha value is -0.946. The predicted molar refractivity (Wildman–Crippen MR) is 132 cm³/mol. The van der Waals surface area contributed by atoms with E-state index in [-0.39, 0.29) is 50.8 Å². The second-order valence-electron chi connectivity index (χ2n) is 8.34. The van der Waals surface area contributed by atoms with Crippen LogP contribution in [0.25, 0.3) is 0 Å². The number of nitrogens with zero attached hydrogens (tertiary/aromatic N) is 2. The van der Waals surface area contributed by atoms with Gasteiger partial charge >= 0.3 is 0 Å². The first-order valence-corrected chi connectivity index (χ1v) is 13.0. The van der Waals surface area contributed by atoms with Crippen molar-refractivity contribution in [3.8, 4) is 0 Å². The number of anilines is 1. The van der Waals surface area contributed by atoms with Crippen LogP contribution in [0.5, 0.6) is 0 Å². The molecule has 1 fully saturated rings. The number of sulfonamides is 1. The van der Waals surface area contributed by atoms with Crippen molar-refractivity contribution in [3.63, 3.8) is 0 Å². The average molecular weight is 577 g/mol. The van der Waals surface area contributed by atoms with Gasteiger partial charge < -0.3 is 4.31 Å². The summed E-state index contributed by atoms with van der Waals surface area (Å²) in [6, 6.07) is 23.9. The third kappa shape index (κ3) is 5.83. The van der Waals surface area contributed by atoms with Gasteiger partial charge in [0.2, 0.25) is 10.0 Å². The van der Waals surface area contributed by atoms with Crippen LogP contribution in [0.4, 0.5) is 5.69 Å². The van der Waals surface area contributed by atoms with Crippen LogP contribution in [-0.2, 0) is 42.7 Å². The second kappa shape index (κ2) is 10.8. The molecule has 4 nitrogen and oxygen atoms in total. The first-order chi connectivity index (χ1) is 15.1. The van der Waals surface area contributed by atoms with Gasteiger partial charge in [-0.1, -0.05) is 60.1 Å². The Bertz CT molecular complexity index is 1160. The van der Waals surface area contributed by atoms with Gasteiger partial charge in [-0.05, 0) is 42.3 Å². The standard InChI is InChI=1S/C25H25Cl2N2O2S.Y/c1-17-5-4-6-23(15-17)29(32(3,30)31)24-16-28(18(24)2)25(19-7-11-21(26)12-8-19)20-9-13-22(27)14-10-20;/h5-15,18,24-25H,16H2,1-3H3;/q-1;. The van der Waals surface area contributed by atoms with Gasteiger partial charge in [-0.3, -0.25) is 4.90 Å². The molecule has 3 aromatic rings. The molecule has 2 unspecified atom stereocenters. The number of aryl methyl sites for hydroxylation is 1. The smallest absolute Gasteiger partial charge is 0.222 e. The number of hydrogen-bond donors (Lipinski definition) is 0. The number of rotatable bonds is 6. The molecule has 0 bridgehead atoms. The van der Waals surface area contributed by atoms with E-state index in [1.54, 1.807) is 10.4 Å². The van der Waals surface area contributed by atoms with Gasteiger partial charge in [0.25, 0.3) is 0 Å². The fraction of sp³-hybridized carbons (Fsp3) is 0.280. The predicted octanol–water partition coefficient (Wildman–Crippen LogP) is 5.73. The third-order valence-corrected chi connectivity index (χ3v) is 7.71. The summed E-state index contributed by atoms with van der Waals surface area (Å²) in [6.45, 7) is 4.61. The molecule has 1 aliphatic rings. The normalized spacial score (nSPS) is 18.5. The van der Waals surface area contributed by atoms with Gasteiger partial charge in [0.05, 0.1) is 18.3 Å². The van der Waals surface area contributed by atoms with Crippen molar-refractivity contribution in [2.45, 2.75) is 32.0 Å². The Labute approximate surface area is 231 Å². The molecule has 3 aromatic carbocycles. The quantitative estimate of drug-likeness (QED) is 0.352. The number of hydrogen-bond acceptors (Lipinski definition) is 3. The summed E-state index contributed by atoms with van der Waals surface area (Å²) < 4.78 is 27.1. The van der Waals surface area contributed by atoms with Gasteiger partial charge in [-0.25, -0.2) is 8.42 Å². The molecule has 1 radical (unpaired) electrons. The Balaban J connectivity index is 0.00000306. The molecule has 0 saturated carbocycles. The maximum atomic E-state index is 12.8. The summed E-state index contributed by atoms with van der Waals surface area (Å²) in [7, 11) is -3.47. The minimum absolute atomic E-state index is 0. The Morgan fingerprint density at radius 3 is 1.94 bits per heavy atom. The summed E-state index contributed by atoms with van der Waals surface area (Å²) in [6.07, 6.45) is 1.26. The molecule has 33 heavy (non-hydrogen) atoms. The van der Waals surface area contributed by atoms with Crippen molar-refractivity contribution in [2.75, 3.05) is 17.1 Å². The van der Waals surface area contributed by atoms with Crippen molar-refractivity contribution in [1.82, 2.24) is 4.90 Å². The van der Waals surface area contributed by atoms with Gasteiger partial charge in [0, 0.05) is 55.3 Å². The molecule has 0 aliphatic carbocycles. The van der Waals surface area contributed by atoms with Gasteiger partial charge in [0.15, 0.2) is 0 Å². The van der Waals surface area contributed by atoms with Crippen LogP contribution < -0.4 is 4.31 Å². The third-order valence-electron chi connectivity index (χ3n) is 6.01. The van der Waals surface area contributed by atoms with Crippen LogP contribution in [0.15, 0.2) is 66.7 Å². The Morgan fingerprint density at radius 2 is 1.52 bits per heavy atom. The van der Waals surface area contributed by atoms with E-state index in [4.69, 9.17) is 23.2 Å². The van der Waals surface area contributed by atoms with E-state index < -0.39 is 10.0 Å². The molecule has 8 heteroatoms. The molecule has 0 N–H and O–H groups in total. The zero-order valence-corrected chi connectivity index (χ0v) is 23.9. The van der Waals surface area contributed by atoms with Gasteiger partial charge in [-0.2, -0.15) is 23.8 Å². The van der Waals surface area contributed by atoms with Crippen LogP contribution in [0.3, 0.4) is 0 Å². The molecule has 0 amide bonds. The number of likely N-dealkylation sites (tertiary alicyclic amines) is 1. The molecule has 171 valence electrons. The first-order valence-electron chi connectivity index (χ1n) is 10.4. The van der Waals surface area contributed by atoms with E-state index in [0.29, 0.717) is 22.3 Å². The molecule has 4 rings (SSSR count). The summed E-state index contributed by atoms with van der Waals surface area (Å²) in [4.78, 5) is 2.31. The van der Waals surface area contributed by atoms with Crippen molar-refractivity contribution >= 4 is 38.9 Å².